The smallest absolute Gasteiger partial charge is 0.103 e. The largest absolute Gasteiger partial charge is 0.393 e. The second kappa shape index (κ2) is 6.96. The van der Waals surface area contributed by atoms with E-state index in [2.05, 4.69) is 34.6 Å². The first kappa shape index (κ1) is 20.8. The van der Waals surface area contributed by atoms with Crippen LogP contribution in [0.3, 0.4) is 0 Å². The van der Waals surface area contributed by atoms with Crippen molar-refractivity contribution in [2.24, 2.45) is 46.3 Å². The molecule has 5 fully saturated rings. The van der Waals surface area contributed by atoms with E-state index >= 15 is 0 Å². The highest BCUT2D eigenvalue weighted by Crippen LogP contribution is 2.74. The molecule has 0 aromatic carbocycles. The van der Waals surface area contributed by atoms with Gasteiger partial charge < -0.3 is 9.84 Å². The Morgan fingerprint density at radius 1 is 0.966 bits per heavy atom. The molecule has 0 amide bonds. The number of ether oxygens (including phenoxy) is 1. The van der Waals surface area contributed by atoms with Gasteiger partial charge in [-0.2, -0.15) is 0 Å². The van der Waals surface area contributed by atoms with E-state index in [0.29, 0.717) is 16.9 Å². The predicted octanol–water partition coefficient (Wildman–Crippen LogP) is 6.60. The Kier molecular flexibility index (Phi) is 4.99. The van der Waals surface area contributed by atoms with Crippen LogP contribution in [0, 0.1) is 46.3 Å². The zero-order valence-electron chi connectivity index (χ0n) is 19.8. The summed E-state index contributed by atoms with van der Waals surface area (Å²) in [7, 11) is 0. The van der Waals surface area contributed by atoms with E-state index in [1.807, 2.05) is 0 Å². The minimum absolute atomic E-state index is 0.0434. The summed E-state index contributed by atoms with van der Waals surface area (Å²) in [5.41, 5.74) is 0.932. The van der Waals surface area contributed by atoms with Crippen LogP contribution in [0.5, 0.6) is 0 Å². The fraction of sp³-hybridized carbons (Fsp3) is 1.00. The molecule has 4 aliphatic carbocycles. The van der Waals surface area contributed by atoms with Crippen molar-refractivity contribution in [3.63, 3.8) is 0 Å². The van der Waals surface area contributed by atoms with E-state index < -0.39 is 0 Å². The number of fused-ring (bicyclic) bond motifs is 4. The highest BCUT2D eigenvalue weighted by Gasteiger charge is 2.76. The standard InChI is InChI=1S/C27H46O2/c1-17(2)7-6-8-18(3)21-9-10-22-20-15-24-27(29-24)16-19(28)11-14-26(27,5)23(20)12-13-25(21,22)4/h17-24,28H,6-16H2,1-5H3/t18-,19+,20-,21-,22+,23+,24-,25-,26+,27-/m0/s1. The van der Waals surface area contributed by atoms with Gasteiger partial charge in [-0.05, 0) is 85.9 Å². The van der Waals surface area contributed by atoms with E-state index in [0.717, 1.165) is 48.3 Å². The molecule has 1 saturated heterocycles. The van der Waals surface area contributed by atoms with Gasteiger partial charge in [-0.15, -0.1) is 0 Å². The number of rotatable bonds is 5. The summed E-state index contributed by atoms with van der Waals surface area (Å²) in [5, 5.41) is 10.4. The van der Waals surface area contributed by atoms with Crippen LogP contribution in [0.15, 0.2) is 0 Å². The van der Waals surface area contributed by atoms with Gasteiger partial charge in [0.25, 0.3) is 0 Å². The number of epoxide rings is 1. The molecule has 4 saturated carbocycles. The number of hydrogen-bond acceptors (Lipinski definition) is 2. The Labute approximate surface area is 179 Å². The minimum Gasteiger partial charge on any atom is -0.393 e. The molecular weight excluding hydrogens is 356 g/mol. The SMILES string of the molecule is CC(C)CCC[C@H](C)[C@@H]1CC[C@@H]2[C@@H]3C[C@@H]4O[C@@]45C[C@H](O)CC[C@]5(C)[C@@H]3CC[C@]21C. The molecule has 0 unspecified atom stereocenters. The molecule has 2 nitrogen and oxygen atoms in total. The van der Waals surface area contributed by atoms with Crippen LogP contribution in [0.4, 0.5) is 0 Å². The van der Waals surface area contributed by atoms with Gasteiger partial charge in [0, 0.05) is 11.8 Å². The molecular formula is C27H46O2. The van der Waals surface area contributed by atoms with Crippen molar-refractivity contribution in [1.82, 2.24) is 0 Å². The van der Waals surface area contributed by atoms with Gasteiger partial charge in [-0.25, -0.2) is 0 Å². The van der Waals surface area contributed by atoms with Crippen LogP contribution in [-0.2, 0) is 4.74 Å². The maximum absolute atomic E-state index is 10.4. The fourth-order valence-electron chi connectivity index (χ4n) is 9.68. The van der Waals surface area contributed by atoms with E-state index in [4.69, 9.17) is 4.74 Å². The second-order valence-electron chi connectivity index (χ2n) is 13.0. The van der Waals surface area contributed by atoms with Crippen molar-refractivity contribution in [2.75, 3.05) is 0 Å². The minimum atomic E-state index is -0.124. The summed E-state index contributed by atoms with van der Waals surface area (Å²) in [5.74, 6) is 5.31. The van der Waals surface area contributed by atoms with Crippen LogP contribution in [-0.4, -0.2) is 22.9 Å². The summed E-state index contributed by atoms with van der Waals surface area (Å²) in [6.07, 6.45) is 14.8. The first-order valence-corrected chi connectivity index (χ1v) is 13.1. The lowest BCUT2D eigenvalue weighted by Crippen LogP contribution is -2.58. The zero-order valence-corrected chi connectivity index (χ0v) is 19.8. The summed E-state index contributed by atoms with van der Waals surface area (Å²) >= 11 is 0. The molecule has 29 heavy (non-hydrogen) atoms. The van der Waals surface area contributed by atoms with Crippen LogP contribution in [0.25, 0.3) is 0 Å². The molecule has 0 aromatic heterocycles. The number of aliphatic hydroxyl groups excluding tert-OH is 1. The third-order valence-corrected chi connectivity index (χ3v) is 11.3. The highest BCUT2D eigenvalue weighted by atomic mass is 16.6. The van der Waals surface area contributed by atoms with Crippen LogP contribution < -0.4 is 0 Å². The Morgan fingerprint density at radius 2 is 1.76 bits per heavy atom. The Hall–Kier alpha value is -0.0800. The number of hydrogen-bond donors (Lipinski definition) is 1. The lowest BCUT2D eigenvalue weighted by molar-refractivity contribution is -0.116. The summed E-state index contributed by atoms with van der Waals surface area (Å²) in [6.45, 7) is 12.6. The van der Waals surface area contributed by atoms with E-state index in [-0.39, 0.29) is 11.7 Å². The van der Waals surface area contributed by atoms with Crippen molar-refractivity contribution in [3.8, 4) is 0 Å². The molecule has 0 bridgehead atoms. The van der Waals surface area contributed by atoms with Gasteiger partial charge in [-0.1, -0.05) is 53.9 Å². The topological polar surface area (TPSA) is 32.8 Å². The number of aliphatic hydroxyl groups is 1. The van der Waals surface area contributed by atoms with Crippen molar-refractivity contribution in [3.05, 3.63) is 0 Å². The van der Waals surface area contributed by atoms with Crippen molar-refractivity contribution >= 4 is 0 Å². The average Bonchev–Trinajstić information content (AvgIpc) is 3.22. The average molecular weight is 403 g/mol. The monoisotopic (exact) mass is 402 g/mol. The molecule has 5 rings (SSSR count). The van der Waals surface area contributed by atoms with Crippen molar-refractivity contribution in [1.29, 1.82) is 0 Å². The molecule has 1 aliphatic heterocycles. The van der Waals surface area contributed by atoms with Crippen LogP contribution in [0.1, 0.15) is 105 Å². The van der Waals surface area contributed by atoms with Gasteiger partial charge in [0.1, 0.15) is 5.60 Å². The fourth-order valence-corrected chi connectivity index (χ4v) is 9.68. The third kappa shape index (κ3) is 2.94. The molecule has 1 N–H and O–H groups in total. The second-order valence-corrected chi connectivity index (χ2v) is 13.0. The van der Waals surface area contributed by atoms with Gasteiger partial charge in [0.05, 0.1) is 12.2 Å². The molecule has 0 radical (unpaired) electrons. The Balaban J connectivity index is 1.33. The van der Waals surface area contributed by atoms with Crippen LogP contribution >= 0.6 is 0 Å². The Morgan fingerprint density at radius 3 is 2.52 bits per heavy atom. The molecule has 166 valence electrons. The van der Waals surface area contributed by atoms with E-state index in [9.17, 15) is 5.11 Å². The van der Waals surface area contributed by atoms with E-state index in [1.165, 1.54) is 57.8 Å². The molecule has 10 atom stereocenters. The van der Waals surface area contributed by atoms with Crippen LogP contribution in [0.2, 0.25) is 0 Å². The van der Waals surface area contributed by atoms with Gasteiger partial charge in [0.2, 0.25) is 0 Å². The highest BCUT2D eigenvalue weighted by molar-refractivity contribution is 5.24. The van der Waals surface area contributed by atoms with Gasteiger partial charge in [0.15, 0.2) is 0 Å². The summed E-state index contributed by atoms with van der Waals surface area (Å²) in [4.78, 5) is 0. The van der Waals surface area contributed by atoms with Gasteiger partial charge >= 0.3 is 0 Å². The normalized spacial score (nSPS) is 54.3. The van der Waals surface area contributed by atoms with E-state index in [1.54, 1.807) is 0 Å². The summed E-state index contributed by atoms with van der Waals surface area (Å²) in [6, 6.07) is 0. The predicted molar refractivity (Wildman–Crippen MR) is 119 cm³/mol. The lowest BCUT2D eigenvalue weighted by atomic mass is 9.44. The maximum atomic E-state index is 10.4. The first-order valence-electron chi connectivity index (χ1n) is 13.1. The maximum Gasteiger partial charge on any atom is 0.103 e. The molecule has 0 aromatic rings. The molecule has 1 spiro atoms. The van der Waals surface area contributed by atoms with Gasteiger partial charge in [-0.3, -0.25) is 0 Å². The zero-order chi connectivity index (χ0) is 20.6. The third-order valence-electron chi connectivity index (χ3n) is 11.3. The van der Waals surface area contributed by atoms with Crippen molar-refractivity contribution < 1.29 is 9.84 Å². The Bertz CT molecular complexity index is 630. The molecule has 2 heteroatoms. The molecule has 1 heterocycles. The van der Waals surface area contributed by atoms with Crippen molar-refractivity contribution in [2.45, 2.75) is 123 Å². The lowest BCUT2D eigenvalue weighted by Gasteiger charge is -2.59. The quantitative estimate of drug-likeness (QED) is 0.525. The molecule has 5 aliphatic rings. The summed E-state index contributed by atoms with van der Waals surface area (Å²) < 4.78 is 6.51. The first-order chi connectivity index (χ1) is 13.7.